The monoisotopic (exact) mass is 405 g/mol. The molecule has 2 heterocycles. The molecule has 2 aromatic heterocycles. The summed E-state index contributed by atoms with van der Waals surface area (Å²) in [5.74, 6) is 0.933. The molecule has 0 fully saturated rings. The maximum atomic E-state index is 12.6. The molecule has 1 N–H and O–H groups in total. The van der Waals surface area contributed by atoms with Gasteiger partial charge in [0.1, 0.15) is 11.3 Å². The van der Waals surface area contributed by atoms with Crippen LogP contribution in [0.15, 0.2) is 51.7 Å². The first kappa shape index (κ1) is 19.7. The molecule has 0 aliphatic carbocycles. The van der Waals surface area contributed by atoms with Crippen LogP contribution in [0.1, 0.15) is 24.5 Å². The standard InChI is InChI=1S/C23H23N3O4/c1-4-26-19-8-6-5-7-18(19)24-23(26)25-21(27)12-11-17-14(2)16-10-9-15(29-3)13-20(16)30-22(17)28/h5-10,13H,4,11-12H2,1-3H3,(H,24,25,27). The van der Waals surface area contributed by atoms with Crippen LogP contribution in [0.3, 0.4) is 0 Å². The Labute approximate surface area is 173 Å². The van der Waals surface area contributed by atoms with E-state index in [4.69, 9.17) is 9.15 Å². The van der Waals surface area contributed by atoms with Crippen LogP contribution in [0.2, 0.25) is 0 Å². The van der Waals surface area contributed by atoms with Crippen LogP contribution < -0.4 is 15.7 Å². The van der Waals surface area contributed by atoms with E-state index in [0.717, 1.165) is 22.0 Å². The van der Waals surface area contributed by atoms with Gasteiger partial charge >= 0.3 is 5.63 Å². The Bertz CT molecular complexity index is 1300. The lowest BCUT2D eigenvalue weighted by Crippen LogP contribution is -2.18. The fourth-order valence-electron chi connectivity index (χ4n) is 3.71. The molecular formula is C23H23N3O4. The molecule has 154 valence electrons. The van der Waals surface area contributed by atoms with E-state index < -0.39 is 5.63 Å². The second kappa shape index (κ2) is 8.02. The number of hydrogen-bond acceptors (Lipinski definition) is 5. The number of imidazole rings is 1. The predicted molar refractivity (Wildman–Crippen MR) is 116 cm³/mol. The number of nitrogens with zero attached hydrogens (tertiary/aromatic N) is 2. The van der Waals surface area contributed by atoms with E-state index in [-0.39, 0.29) is 18.7 Å². The van der Waals surface area contributed by atoms with Crippen LogP contribution >= 0.6 is 0 Å². The van der Waals surface area contributed by atoms with Crippen molar-refractivity contribution in [1.29, 1.82) is 0 Å². The highest BCUT2D eigenvalue weighted by atomic mass is 16.5. The molecule has 0 aliphatic rings. The van der Waals surface area contributed by atoms with Crippen molar-refractivity contribution in [3.63, 3.8) is 0 Å². The fraction of sp³-hybridized carbons (Fsp3) is 0.261. The van der Waals surface area contributed by atoms with Gasteiger partial charge in [-0.25, -0.2) is 9.78 Å². The molecule has 0 spiro atoms. The number of carbonyl (C=O) groups excluding carboxylic acids is 1. The molecule has 0 saturated heterocycles. The minimum atomic E-state index is -0.429. The van der Waals surface area contributed by atoms with Crippen LogP contribution in [0.5, 0.6) is 5.75 Å². The van der Waals surface area contributed by atoms with Gasteiger partial charge in [-0.05, 0) is 50.1 Å². The lowest BCUT2D eigenvalue weighted by molar-refractivity contribution is -0.116. The van der Waals surface area contributed by atoms with Crippen molar-refractivity contribution in [2.45, 2.75) is 33.2 Å². The quantitative estimate of drug-likeness (QED) is 0.489. The molecule has 0 radical (unpaired) electrons. The highest BCUT2D eigenvalue weighted by Gasteiger charge is 2.16. The largest absolute Gasteiger partial charge is 0.497 e. The minimum Gasteiger partial charge on any atom is -0.497 e. The Morgan fingerprint density at radius 3 is 2.80 bits per heavy atom. The van der Waals surface area contributed by atoms with Crippen molar-refractivity contribution in [2.24, 2.45) is 0 Å². The summed E-state index contributed by atoms with van der Waals surface area (Å²) >= 11 is 0. The number of ether oxygens (including phenoxy) is 1. The third kappa shape index (κ3) is 3.54. The van der Waals surface area contributed by atoms with Crippen molar-refractivity contribution in [3.05, 3.63) is 64.0 Å². The van der Waals surface area contributed by atoms with Crippen molar-refractivity contribution < 1.29 is 13.9 Å². The summed E-state index contributed by atoms with van der Waals surface area (Å²) in [6.07, 6.45) is 0.439. The number of nitrogens with one attached hydrogen (secondary N) is 1. The summed E-state index contributed by atoms with van der Waals surface area (Å²) < 4.78 is 12.6. The molecule has 7 nitrogen and oxygen atoms in total. The molecule has 2 aromatic carbocycles. The first-order valence-corrected chi connectivity index (χ1v) is 9.87. The average molecular weight is 405 g/mol. The highest BCUT2D eigenvalue weighted by molar-refractivity contribution is 5.92. The molecule has 4 rings (SSSR count). The highest BCUT2D eigenvalue weighted by Crippen LogP contribution is 2.25. The van der Waals surface area contributed by atoms with Crippen LogP contribution in [0.25, 0.3) is 22.0 Å². The van der Waals surface area contributed by atoms with Gasteiger partial charge < -0.3 is 13.7 Å². The van der Waals surface area contributed by atoms with Gasteiger partial charge in [0.2, 0.25) is 11.9 Å². The Balaban J connectivity index is 1.54. The third-order valence-corrected chi connectivity index (χ3v) is 5.32. The second-order valence-electron chi connectivity index (χ2n) is 7.07. The third-order valence-electron chi connectivity index (χ3n) is 5.32. The molecular weight excluding hydrogens is 382 g/mol. The number of aromatic nitrogens is 2. The van der Waals surface area contributed by atoms with Gasteiger partial charge in [0, 0.05) is 30.0 Å². The summed E-state index contributed by atoms with van der Waals surface area (Å²) in [6.45, 7) is 4.56. The number of anilines is 1. The molecule has 7 heteroatoms. The van der Waals surface area contributed by atoms with E-state index in [9.17, 15) is 9.59 Å². The van der Waals surface area contributed by atoms with Crippen LogP contribution in [-0.4, -0.2) is 22.6 Å². The second-order valence-corrected chi connectivity index (χ2v) is 7.07. The molecule has 0 unspecified atom stereocenters. The first-order valence-electron chi connectivity index (χ1n) is 9.87. The van der Waals surface area contributed by atoms with Gasteiger partial charge in [-0.1, -0.05) is 12.1 Å². The Morgan fingerprint density at radius 1 is 1.23 bits per heavy atom. The average Bonchev–Trinajstić information content (AvgIpc) is 3.09. The molecule has 0 saturated carbocycles. The van der Waals surface area contributed by atoms with Gasteiger partial charge in [0.15, 0.2) is 0 Å². The zero-order valence-electron chi connectivity index (χ0n) is 17.2. The first-order chi connectivity index (χ1) is 14.5. The molecule has 0 atom stereocenters. The Kier molecular flexibility index (Phi) is 5.27. The molecule has 1 amide bonds. The van der Waals surface area contributed by atoms with E-state index in [0.29, 0.717) is 29.4 Å². The number of para-hydroxylation sites is 2. The summed E-state index contributed by atoms with van der Waals surface area (Å²) in [7, 11) is 1.56. The number of benzene rings is 2. The van der Waals surface area contributed by atoms with E-state index in [2.05, 4.69) is 10.3 Å². The van der Waals surface area contributed by atoms with Crippen LogP contribution in [0, 0.1) is 6.92 Å². The summed E-state index contributed by atoms with van der Waals surface area (Å²) in [4.78, 5) is 29.6. The van der Waals surface area contributed by atoms with Crippen molar-refractivity contribution >= 4 is 33.9 Å². The molecule has 0 bridgehead atoms. The number of methoxy groups -OCH3 is 1. The van der Waals surface area contributed by atoms with E-state index >= 15 is 0 Å². The Morgan fingerprint density at radius 2 is 2.03 bits per heavy atom. The predicted octanol–water partition coefficient (Wildman–Crippen LogP) is 4.05. The normalized spacial score (nSPS) is 11.2. The smallest absolute Gasteiger partial charge is 0.339 e. The number of rotatable bonds is 6. The zero-order valence-corrected chi connectivity index (χ0v) is 17.2. The minimum absolute atomic E-state index is 0.153. The summed E-state index contributed by atoms with van der Waals surface area (Å²) in [6, 6.07) is 13.1. The van der Waals surface area contributed by atoms with Crippen molar-refractivity contribution in [3.8, 4) is 5.75 Å². The van der Waals surface area contributed by atoms with Crippen LogP contribution in [-0.2, 0) is 17.8 Å². The number of fused-ring (bicyclic) bond motifs is 2. The van der Waals surface area contributed by atoms with Gasteiger partial charge in [-0.15, -0.1) is 0 Å². The fourth-order valence-corrected chi connectivity index (χ4v) is 3.71. The zero-order chi connectivity index (χ0) is 21.3. The number of amides is 1. The summed E-state index contributed by atoms with van der Waals surface area (Å²) in [5.41, 5.74) is 3.17. The maximum Gasteiger partial charge on any atom is 0.339 e. The lowest BCUT2D eigenvalue weighted by atomic mass is 10.0. The van der Waals surface area contributed by atoms with E-state index in [1.807, 2.05) is 54.8 Å². The van der Waals surface area contributed by atoms with E-state index in [1.54, 1.807) is 13.2 Å². The SMILES string of the molecule is CCn1c(NC(=O)CCc2c(C)c3ccc(OC)cc3oc2=O)nc2ccccc21. The van der Waals surface area contributed by atoms with Crippen molar-refractivity contribution in [2.75, 3.05) is 12.4 Å². The van der Waals surface area contributed by atoms with Gasteiger partial charge in [-0.3, -0.25) is 10.1 Å². The maximum absolute atomic E-state index is 12.6. The van der Waals surface area contributed by atoms with Crippen molar-refractivity contribution in [1.82, 2.24) is 9.55 Å². The lowest BCUT2D eigenvalue weighted by Gasteiger charge is -2.10. The molecule has 4 aromatic rings. The topological polar surface area (TPSA) is 86.4 Å². The number of hydrogen-bond donors (Lipinski definition) is 1. The van der Waals surface area contributed by atoms with Gasteiger partial charge in [-0.2, -0.15) is 0 Å². The van der Waals surface area contributed by atoms with Crippen LogP contribution in [0.4, 0.5) is 5.95 Å². The van der Waals surface area contributed by atoms with E-state index in [1.165, 1.54) is 0 Å². The van der Waals surface area contributed by atoms with Gasteiger partial charge in [0.25, 0.3) is 0 Å². The molecule has 0 aliphatic heterocycles. The summed E-state index contributed by atoms with van der Waals surface area (Å²) in [5, 5.41) is 3.71. The Hall–Kier alpha value is -3.61. The molecule has 30 heavy (non-hydrogen) atoms. The van der Waals surface area contributed by atoms with Gasteiger partial charge in [0.05, 0.1) is 18.1 Å². The number of aryl methyl sites for hydroxylation is 2. The number of carbonyl (C=O) groups is 1.